The van der Waals surface area contributed by atoms with Crippen molar-refractivity contribution in [3.63, 3.8) is 0 Å². The van der Waals surface area contributed by atoms with E-state index in [1.165, 1.54) is 0 Å². The Hall–Kier alpha value is -2.42. The van der Waals surface area contributed by atoms with Crippen LogP contribution in [0.25, 0.3) is 0 Å². The van der Waals surface area contributed by atoms with Gasteiger partial charge in [-0.15, -0.1) is 0 Å². The van der Waals surface area contributed by atoms with Crippen LogP contribution in [0.5, 0.6) is 0 Å². The molecule has 1 atom stereocenters. The van der Waals surface area contributed by atoms with E-state index in [2.05, 4.69) is 26.1 Å². The van der Waals surface area contributed by atoms with Gasteiger partial charge in [-0.3, -0.25) is 0 Å². The first-order valence-corrected chi connectivity index (χ1v) is 7.15. The van der Waals surface area contributed by atoms with Crippen LogP contribution in [0.3, 0.4) is 0 Å². The highest BCUT2D eigenvalue weighted by atomic mass is 16.5. The first-order valence-electron chi connectivity index (χ1n) is 7.15. The van der Waals surface area contributed by atoms with Crippen LogP contribution in [0, 0.1) is 11.3 Å². The minimum absolute atomic E-state index is 0.0988. The number of hydrogen-bond acceptors (Lipinski definition) is 6. The molecule has 2 aromatic rings. The molecule has 108 valence electrons. The predicted molar refractivity (Wildman–Crippen MR) is 76.7 cm³/mol. The molecule has 0 unspecified atom stereocenters. The Bertz CT molecular complexity index is 655. The zero-order valence-electron chi connectivity index (χ0n) is 12.2. The van der Waals surface area contributed by atoms with Crippen molar-refractivity contribution in [3.8, 4) is 6.07 Å². The number of hydrogen-bond donors (Lipinski definition) is 0. The molecule has 0 saturated carbocycles. The summed E-state index contributed by atoms with van der Waals surface area (Å²) in [6.07, 6.45) is 3.65. The van der Waals surface area contributed by atoms with Crippen LogP contribution in [0.1, 0.15) is 55.9 Å². The van der Waals surface area contributed by atoms with Crippen molar-refractivity contribution in [2.75, 3.05) is 11.4 Å². The van der Waals surface area contributed by atoms with Gasteiger partial charge in [-0.1, -0.05) is 19.0 Å². The lowest BCUT2D eigenvalue weighted by Crippen LogP contribution is -2.24. The summed E-state index contributed by atoms with van der Waals surface area (Å²) in [5.41, 5.74) is 0.566. The number of nitrogens with zero attached hydrogens (tertiary/aromatic N) is 5. The van der Waals surface area contributed by atoms with Crippen LogP contribution in [-0.4, -0.2) is 21.7 Å². The molecule has 0 spiro atoms. The summed E-state index contributed by atoms with van der Waals surface area (Å²) in [7, 11) is 0. The van der Waals surface area contributed by atoms with E-state index in [9.17, 15) is 0 Å². The fourth-order valence-corrected chi connectivity index (χ4v) is 2.55. The van der Waals surface area contributed by atoms with Gasteiger partial charge in [0.2, 0.25) is 5.89 Å². The molecule has 0 aromatic carbocycles. The van der Waals surface area contributed by atoms with Crippen LogP contribution in [0.15, 0.2) is 22.9 Å². The van der Waals surface area contributed by atoms with Crippen molar-refractivity contribution in [1.29, 1.82) is 5.26 Å². The number of pyridine rings is 1. The second kappa shape index (κ2) is 5.52. The van der Waals surface area contributed by atoms with Crippen molar-refractivity contribution in [2.45, 2.75) is 38.6 Å². The van der Waals surface area contributed by atoms with Crippen LogP contribution in [0.4, 0.5) is 5.82 Å². The summed E-state index contributed by atoms with van der Waals surface area (Å²) in [5, 5.41) is 13.0. The maximum atomic E-state index is 8.84. The summed E-state index contributed by atoms with van der Waals surface area (Å²) < 4.78 is 5.31. The largest absolute Gasteiger partial charge is 0.346 e. The topological polar surface area (TPSA) is 78.8 Å². The van der Waals surface area contributed by atoms with E-state index >= 15 is 0 Å². The van der Waals surface area contributed by atoms with Crippen LogP contribution in [0.2, 0.25) is 0 Å². The van der Waals surface area contributed by atoms with Gasteiger partial charge in [-0.25, -0.2) is 4.98 Å². The van der Waals surface area contributed by atoms with E-state index in [0.29, 0.717) is 11.5 Å². The van der Waals surface area contributed by atoms with Crippen molar-refractivity contribution in [1.82, 2.24) is 15.1 Å². The average molecular weight is 283 g/mol. The van der Waals surface area contributed by atoms with Crippen molar-refractivity contribution < 1.29 is 4.52 Å². The Labute approximate surface area is 123 Å². The van der Waals surface area contributed by atoms with Crippen molar-refractivity contribution in [2.24, 2.45) is 0 Å². The summed E-state index contributed by atoms with van der Waals surface area (Å²) in [5.74, 6) is 2.48. The van der Waals surface area contributed by atoms with Gasteiger partial charge >= 0.3 is 0 Å². The molecule has 0 aliphatic carbocycles. The first-order chi connectivity index (χ1) is 10.2. The molecule has 6 heteroatoms. The number of anilines is 1. The Morgan fingerprint density at radius 1 is 1.43 bits per heavy atom. The van der Waals surface area contributed by atoms with Crippen molar-refractivity contribution in [3.05, 3.63) is 35.6 Å². The van der Waals surface area contributed by atoms with Gasteiger partial charge in [0.15, 0.2) is 5.82 Å². The predicted octanol–water partition coefficient (Wildman–Crippen LogP) is 2.80. The van der Waals surface area contributed by atoms with E-state index in [1.807, 2.05) is 19.9 Å². The van der Waals surface area contributed by atoms with Crippen LogP contribution in [-0.2, 0) is 0 Å². The van der Waals surface area contributed by atoms with Gasteiger partial charge < -0.3 is 9.42 Å². The lowest BCUT2D eigenvalue weighted by molar-refractivity contribution is 0.358. The average Bonchev–Trinajstić information content (AvgIpc) is 3.16. The molecule has 1 aliphatic heterocycles. The summed E-state index contributed by atoms with van der Waals surface area (Å²) in [4.78, 5) is 11.0. The molecule has 0 N–H and O–H groups in total. The molecular formula is C15H17N5O. The third kappa shape index (κ3) is 2.59. The fraction of sp³-hybridized carbons (Fsp3) is 0.467. The van der Waals surface area contributed by atoms with Gasteiger partial charge in [0.25, 0.3) is 0 Å². The normalized spacial score (nSPS) is 18.2. The zero-order valence-corrected chi connectivity index (χ0v) is 12.2. The van der Waals surface area contributed by atoms with Gasteiger partial charge in [-0.05, 0) is 25.0 Å². The van der Waals surface area contributed by atoms with E-state index in [4.69, 9.17) is 9.78 Å². The van der Waals surface area contributed by atoms with Crippen LogP contribution < -0.4 is 4.90 Å². The highest BCUT2D eigenvalue weighted by Crippen LogP contribution is 2.34. The molecule has 0 amide bonds. The lowest BCUT2D eigenvalue weighted by atomic mass is 10.2. The minimum atomic E-state index is 0.0988. The highest BCUT2D eigenvalue weighted by molar-refractivity contribution is 5.44. The zero-order chi connectivity index (χ0) is 14.8. The molecule has 2 aromatic heterocycles. The van der Waals surface area contributed by atoms with E-state index in [-0.39, 0.29) is 12.0 Å². The summed E-state index contributed by atoms with van der Waals surface area (Å²) >= 11 is 0. The molecule has 6 nitrogen and oxygen atoms in total. The number of rotatable bonds is 3. The maximum Gasteiger partial charge on any atom is 0.229 e. The third-order valence-electron chi connectivity index (χ3n) is 3.67. The standard InChI is InChI=1S/C15H17N5O/c1-10(2)15-18-14(19-21-15)12-4-3-7-20(12)13-6-5-11(8-16)9-17-13/h5-6,9-10,12H,3-4,7H2,1-2H3/t12-/m1/s1. The van der Waals surface area contributed by atoms with Gasteiger partial charge in [0.05, 0.1) is 11.6 Å². The first kappa shape index (κ1) is 13.6. The Kier molecular flexibility index (Phi) is 3.57. The third-order valence-corrected chi connectivity index (χ3v) is 3.67. The summed E-state index contributed by atoms with van der Waals surface area (Å²) in [6, 6.07) is 5.84. The van der Waals surface area contributed by atoms with Crippen LogP contribution >= 0.6 is 0 Å². The lowest BCUT2D eigenvalue weighted by Gasteiger charge is -2.23. The van der Waals surface area contributed by atoms with E-state index < -0.39 is 0 Å². The Balaban J connectivity index is 1.85. The molecular weight excluding hydrogens is 266 g/mol. The van der Waals surface area contributed by atoms with E-state index in [1.54, 1.807) is 12.3 Å². The number of aromatic nitrogens is 3. The van der Waals surface area contributed by atoms with Gasteiger partial charge in [0.1, 0.15) is 11.9 Å². The maximum absolute atomic E-state index is 8.84. The molecule has 1 aliphatic rings. The van der Waals surface area contributed by atoms with E-state index in [0.717, 1.165) is 31.0 Å². The summed E-state index contributed by atoms with van der Waals surface area (Å²) in [6.45, 7) is 4.98. The molecule has 1 fully saturated rings. The molecule has 3 heterocycles. The Morgan fingerprint density at radius 3 is 2.90 bits per heavy atom. The Morgan fingerprint density at radius 2 is 2.29 bits per heavy atom. The molecule has 1 saturated heterocycles. The van der Waals surface area contributed by atoms with Gasteiger partial charge in [-0.2, -0.15) is 10.2 Å². The minimum Gasteiger partial charge on any atom is -0.346 e. The molecule has 3 rings (SSSR count). The molecule has 0 bridgehead atoms. The fourth-order valence-electron chi connectivity index (χ4n) is 2.55. The smallest absolute Gasteiger partial charge is 0.229 e. The molecule has 0 radical (unpaired) electrons. The quantitative estimate of drug-likeness (QED) is 0.861. The monoisotopic (exact) mass is 283 g/mol. The second-order valence-electron chi connectivity index (χ2n) is 5.51. The van der Waals surface area contributed by atoms with Gasteiger partial charge in [0, 0.05) is 18.7 Å². The second-order valence-corrected chi connectivity index (χ2v) is 5.51. The number of nitriles is 1. The highest BCUT2D eigenvalue weighted by Gasteiger charge is 2.31. The van der Waals surface area contributed by atoms with Crippen molar-refractivity contribution >= 4 is 5.82 Å². The SMILES string of the molecule is CC(C)c1nc([C@H]2CCCN2c2ccc(C#N)cn2)no1. The molecule has 21 heavy (non-hydrogen) atoms.